The lowest BCUT2D eigenvalue weighted by atomic mass is 9.76. The second-order valence-corrected chi connectivity index (χ2v) is 7.39. The van der Waals surface area contributed by atoms with Crippen LogP contribution in [0.5, 0.6) is 0 Å². The molecule has 21 heavy (non-hydrogen) atoms. The SMILES string of the molecule is O=C(CCC1CCCCC1)N1CCC2(O)CCNCC2C1. The number of likely N-dealkylation sites (tertiary alicyclic amines) is 1. The number of nitrogens with zero attached hydrogens (tertiary/aromatic N) is 1. The van der Waals surface area contributed by atoms with Crippen LogP contribution in [-0.2, 0) is 4.79 Å². The largest absolute Gasteiger partial charge is 0.389 e. The highest BCUT2D eigenvalue weighted by Crippen LogP contribution is 2.33. The highest BCUT2D eigenvalue weighted by atomic mass is 16.3. The predicted molar refractivity (Wildman–Crippen MR) is 82.9 cm³/mol. The average molecular weight is 294 g/mol. The summed E-state index contributed by atoms with van der Waals surface area (Å²) in [4.78, 5) is 14.5. The Labute approximate surface area is 128 Å². The van der Waals surface area contributed by atoms with E-state index in [1.165, 1.54) is 32.1 Å². The van der Waals surface area contributed by atoms with Gasteiger partial charge in [0.05, 0.1) is 5.60 Å². The number of nitrogens with one attached hydrogen (secondary N) is 1. The minimum absolute atomic E-state index is 0.221. The Balaban J connectivity index is 1.47. The van der Waals surface area contributed by atoms with E-state index in [1.807, 2.05) is 4.90 Å². The Bertz CT molecular complexity index is 368. The molecule has 0 aromatic carbocycles. The van der Waals surface area contributed by atoms with E-state index < -0.39 is 5.60 Å². The topological polar surface area (TPSA) is 52.6 Å². The van der Waals surface area contributed by atoms with Crippen LogP contribution in [0.25, 0.3) is 0 Å². The van der Waals surface area contributed by atoms with Gasteiger partial charge in [0.25, 0.3) is 0 Å². The summed E-state index contributed by atoms with van der Waals surface area (Å²) in [7, 11) is 0. The van der Waals surface area contributed by atoms with E-state index >= 15 is 0 Å². The molecule has 4 nitrogen and oxygen atoms in total. The zero-order valence-corrected chi connectivity index (χ0v) is 13.1. The molecular formula is C17H30N2O2. The van der Waals surface area contributed by atoms with Crippen molar-refractivity contribution in [1.82, 2.24) is 10.2 Å². The number of carbonyl (C=O) groups is 1. The quantitative estimate of drug-likeness (QED) is 0.836. The van der Waals surface area contributed by atoms with E-state index in [4.69, 9.17) is 0 Å². The van der Waals surface area contributed by atoms with Crippen LogP contribution >= 0.6 is 0 Å². The summed E-state index contributed by atoms with van der Waals surface area (Å²) in [6.07, 6.45) is 10.1. The van der Waals surface area contributed by atoms with Crippen molar-refractivity contribution in [3.63, 3.8) is 0 Å². The fourth-order valence-electron chi connectivity index (χ4n) is 4.41. The first-order valence-corrected chi connectivity index (χ1v) is 8.88. The van der Waals surface area contributed by atoms with E-state index in [1.54, 1.807) is 0 Å². The van der Waals surface area contributed by atoms with Gasteiger partial charge in [-0.2, -0.15) is 0 Å². The molecule has 2 aliphatic heterocycles. The first kappa shape index (κ1) is 15.3. The van der Waals surface area contributed by atoms with Crippen LogP contribution in [0.1, 0.15) is 57.8 Å². The molecule has 0 aromatic heterocycles. The number of amides is 1. The molecule has 3 rings (SSSR count). The molecule has 2 atom stereocenters. The molecule has 1 aliphatic carbocycles. The summed E-state index contributed by atoms with van der Waals surface area (Å²) in [6.45, 7) is 3.25. The van der Waals surface area contributed by atoms with Crippen LogP contribution < -0.4 is 5.32 Å². The van der Waals surface area contributed by atoms with E-state index in [-0.39, 0.29) is 5.92 Å². The third-order valence-corrected chi connectivity index (χ3v) is 5.98. The number of fused-ring (bicyclic) bond motifs is 1. The molecule has 3 aliphatic rings. The van der Waals surface area contributed by atoms with Crippen molar-refractivity contribution in [2.75, 3.05) is 26.2 Å². The second-order valence-electron chi connectivity index (χ2n) is 7.39. The molecule has 0 spiro atoms. The third kappa shape index (κ3) is 3.59. The van der Waals surface area contributed by atoms with Gasteiger partial charge in [-0.15, -0.1) is 0 Å². The van der Waals surface area contributed by atoms with Crippen molar-refractivity contribution in [3.8, 4) is 0 Å². The van der Waals surface area contributed by atoms with Gasteiger partial charge in [-0.25, -0.2) is 0 Å². The molecule has 2 heterocycles. The summed E-state index contributed by atoms with van der Waals surface area (Å²) in [5.74, 6) is 1.31. The number of hydrogen-bond acceptors (Lipinski definition) is 3. The second kappa shape index (κ2) is 6.66. The zero-order chi connectivity index (χ0) is 14.7. The Hall–Kier alpha value is -0.610. The smallest absolute Gasteiger partial charge is 0.222 e. The van der Waals surface area contributed by atoms with Gasteiger partial charge in [0.1, 0.15) is 0 Å². The summed E-state index contributed by atoms with van der Waals surface area (Å²) < 4.78 is 0. The average Bonchev–Trinajstić information content (AvgIpc) is 2.52. The van der Waals surface area contributed by atoms with Crippen molar-refractivity contribution in [2.45, 2.75) is 63.4 Å². The fourth-order valence-corrected chi connectivity index (χ4v) is 4.41. The normalized spacial score (nSPS) is 34.5. The molecular weight excluding hydrogens is 264 g/mol. The van der Waals surface area contributed by atoms with Crippen molar-refractivity contribution in [2.24, 2.45) is 11.8 Å². The van der Waals surface area contributed by atoms with Crippen LogP contribution in [-0.4, -0.2) is 47.7 Å². The number of carbonyl (C=O) groups excluding carboxylic acids is 1. The van der Waals surface area contributed by atoms with Crippen molar-refractivity contribution in [3.05, 3.63) is 0 Å². The molecule has 2 unspecified atom stereocenters. The molecule has 2 N–H and O–H groups in total. The van der Waals surface area contributed by atoms with Gasteiger partial charge in [-0.05, 0) is 31.7 Å². The molecule has 120 valence electrons. The van der Waals surface area contributed by atoms with Gasteiger partial charge in [-0.3, -0.25) is 4.79 Å². The lowest BCUT2D eigenvalue weighted by Crippen LogP contribution is -2.59. The summed E-state index contributed by atoms with van der Waals surface area (Å²) in [5, 5.41) is 14.0. The standard InChI is InChI=1S/C17H30N2O2/c20-16(7-6-14-4-2-1-3-5-14)19-11-9-17(21)8-10-18-12-15(17)13-19/h14-15,18,21H,1-13H2. The number of hydrogen-bond donors (Lipinski definition) is 2. The summed E-state index contributed by atoms with van der Waals surface area (Å²) in [5.41, 5.74) is -0.522. The van der Waals surface area contributed by atoms with E-state index in [0.29, 0.717) is 12.3 Å². The van der Waals surface area contributed by atoms with E-state index in [2.05, 4.69) is 5.32 Å². The molecule has 1 amide bonds. The Kier molecular flexibility index (Phi) is 4.85. The van der Waals surface area contributed by atoms with Crippen LogP contribution in [0.3, 0.4) is 0 Å². The highest BCUT2D eigenvalue weighted by molar-refractivity contribution is 5.76. The van der Waals surface area contributed by atoms with Crippen molar-refractivity contribution >= 4 is 5.91 Å². The lowest BCUT2D eigenvalue weighted by molar-refractivity contribution is -0.142. The Morgan fingerprint density at radius 1 is 1.24 bits per heavy atom. The zero-order valence-electron chi connectivity index (χ0n) is 13.1. The maximum atomic E-state index is 12.4. The first-order chi connectivity index (χ1) is 10.2. The van der Waals surface area contributed by atoms with Crippen LogP contribution in [0.2, 0.25) is 0 Å². The summed E-state index contributed by atoms with van der Waals surface area (Å²) in [6, 6.07) is 0. The van der Waals surface area contributed by atoms with Gasteiger partial charge in [0.2, 0.25) is 5.91 Å². The maximum absolute atomic E-state index is 12.4. The molecule has 2 saturated heterocycles. The van der Waals surface area contributed by atoms with E-state index in [0.717, 1.165) is 51.4 Å². The maximum Gasteiger partial charge on any atom is 0.222 e. The highest BCUT2D eigenvalue weighted by Gasteiger charge is 2.43. The molecule has 0 bridgehead atoms. The van der Waals surface area contributed by atoms with Gasteiger partial charge in [0, 0.05) is 32.0 Å². The molecule has 0 aromatic rings. The van der Waals surface area contributed by atoms with Crippen molar-refractivity contribution < 1.29 is 9.90 Å². The minimum atomic E-state index is -0.522. The van der Waals surface area contributed by atoms with Crippen LogP contribution in [0.15, 0.2) is 0 Å². The first-order valence-electron chi connectivity index (χ1n) is 8.88. The van der Waals surface area contributed by atoms with Gasteiger partial charge in [-0.1, -0.05) is 32.1 Å². The van der Waals surface area contributed by atoms with Gasteiger partial charge in [0.15, 0.2) is 0 Å². The number of rotatable bonds is 3. The van der Waals surface area contributed by atoms with Crippen LogP contribution in [0, 0.1) is 11.8 Å². The van der Waals surface area contributed by atoms with Gasteiger partial charge >= 0.3 is 0 Å². The Morgan fingerprint density at radius 2 is 2.05 bits per heavy atom. The summed E-state index contributed by atoms with van der Waals surface area (Å²) >= 11 is 0. The monoisotopic (exact) mass is 294 g/mol. The third-order valence-electron chi connectivity index (χ3n) is 5.98. The van der Waals surface area contributed by atoms with Crippen LogP contribution in [0.4, 0.5) is 0 Å². The molecule has 3 fully saturated rings. The van der Waals surface area contributed by atoms with E-state index in [9.17, 15) is 9.90 Å². The fraction of sp³-hybridized carbons (Fsp3) is 0.941. The number of aliphatic hydroxyl groups is 1. The lowest BCUT2D eigenvalue weighted by Gasteiger charge is -2.47. The predicted octanol–water partition coefficient (Wildman–Crippen LogP) is 1.92. The van der Waals surface area contributed by atoms with Gasteiger partial charge < -0.3 is 15.3 Å². The molecule has 0 radical (unpaired) electrons. The number of piperidine rings is 2. The van der Waals surface area contributed by atoms with Crippen molar-refractivity contribution in [1.29, 1.82) is 0 Å². The minimum Gasteiger partial charge on any atom is -0.389 e. The molecule has 4 heteroatoms. The molecule has 1 saturated carbocycles. The Morgan fingerprint density at radius 3 is 2.86 bits per heavy atom.